The highest BCUT2D eigenvalue weighted by Crippen LogP contribution is 2.32. The molecule has 1 aliphatic rings. The van der Waals surface area contributed by atoms with Crippen LogP contribution in [-0.2, 0) is 14.3 Å². The first-order valence-electron chi connectivity index (χ1n) is 14.8. The molecule has 10 heteroatoms. The average Bonchev–Trinajstić information content (AvgIpc) is 3.56. The van der Waals surface area contributed by atoms with Gasteiger partial charge in [-0.05, 0) is 96.0 Å². The fourth-order valence-electron chi connectivity index (χ4n) is 5.14. The normalized spacial score (nSPS) is 14.9. The second kappa shape index (κ2) is 13.1. The largest absolute Gasteiger partial charge is 0.494 e. The second-order valence-electron chi connectivity index (χ2n) is 11.2. The number of esters is 2. The molecule has 0 N–H and O–H groups in total. The maximum absolute atomic E-state index is 14.0. The average molecular weight is 629 g/mol. The summed E-state index contributed by atoms with van der Waals surface area (Å²) in [6, 6.07) is 15.5. The first kappa shape index (κ1) is 31.7. The molecule has 0 saturated heterocycles. The minimum atomic E-state index is -0.735. The van der Waals surface area contributed by atoms with Gasteiger partial charge in [0.05, 0.1) is 46.2 Å². The van der Waals surface area contributed by atoms with Gasteiger partial charge in [0.2, 0.25) is 0 Å². The van der Waals surface area contributed by atoms with Gasteiger partial charge in [0.1, 0.15) is 17.3 Å². The van der Waals surface area contributed by atoms with Crippen molar-refractivity contribution in [2.75, 3.05) is 6.61 Å². The monoisotopic (exact) mass is 628 g/mol. The van der Waals surface area contributed by atoms with E-state index in [9.17, 15) is 14.4 Å². The summed E-state index contributed by atoms with van der Waals surface area (Å²) in [5.74, 6) is 0.862. The fourth-order valence-corrected chi connectivity index (χ4v) is 6.17. The van der Waals surface area contributed by atoms with Gasteiger partial charge in [-0.1, -0.05) is 29.5 Å². The van der Waals surface area contributed by atoms with Crippen LogP contribution in [0.3, 0.4) is 0 Å². The topological polar surface area (TPSA) is 109 Å². The summed E-state index contributed by atoms with van der Waals surface area (Å²) in [5, 5.41) is 0. The van der Waals surface area contributed by atoms with Crippen LogP contribution in [0.5, 0.6) is 5.75 Å². The Balaban J connectivity index is 1.54. The van der Waals surface area contributed by atoms with Gasteiger partial charge in [-0.25, -0.2) is 14.6 Å². The van der Waals surface area contributed by atoms with E-state index >= 15 is 0 Å². The van der Waals surface area contributed by atoms with Gasteiger partial charge in [-0.15, -0.1) is 0 Å². The molecule has 9 nitrogen and oxygen atoms in total. The molecule has 3 heterocycles. The maximum Gasteiger partial charge on any atom is 0.338 e. The zero-order valence-electron chi connectivity index (χ0n) is 26.4. The van der Waals surface area contributed by atoms with Crippen LogP contribution in [0, 0.1) is 6.92 Å². The van der Waals surface area contributed by atoms with Gasteiger partial charge < -0.3 is 18.6 Å². The zero-order valence-corrected chi connectivity index (χ0v) is 27.2. The molecular weight excluding hydrogens is 592 g/mol. The predicted molar refractivity (Wildman–Crippen MR) is 172 cm³/mol. The van der Waals surface area contributed by atoms with E-state index in [2.05, 4.69) is 4.99 Å². The maximum atomic E-state index is 14.0. The molecule has 0 saturated carbocycles. The van der Waals surface area contributed by atoms with Crippen molar-refractivity contribution >= 4 is 29.4 Å². The molecule has 0 aliphatic carbocycles. The highest BCUT2D eigenvalue weighted by Gasteiger charge is 2.34. The Kier molecular flexibility index (Phi) is 9.24. The Hall–Kier alpha value is -4.70. The van der Waals surface area contributed by atoms with Gasteiger partial charge >= 0.3 is 11.9 Å². The number of hydrogen-bond acceptors (Lipinski definition) is 9. The van der Waals surface area contributed by atoms with Gasteiger partial charge in [0.15, 0.2) is 4.80 Å². The van der Waals surface area contributed by atoms with E-state index in [1.165, 1.54) is 11.3 Å². The lowest BCUT2D eigenvalue weighted by Crippen LogP contribution is -2.40. The summed E-state index contributed by atoms with van der Waals surface area (Å²) >= 11 is 1.22. The number of allylic oxidation sites excluding steroid dienone is 1. The minimum Gasteiger partial charge on any atom is -0.494 e. The van der Waals surface area contributed by atoms with Crippen LogP contribution in [0.15, 0.2) is 80.1 Å². The number of ether oxygens (including phenoxy) is 3. The van der Waals surface area contributed by atoms with Gasteiger partial charge in [0, 0.05) is 11.6 Å². The van der Waals surface area contributed by atoms with Crippen LogP contribution < -0.4 is 19.6 Å². The van der Waals surface area contributed by atoms with Crippen molar-refractivity contribution in [2.24, 2.45) is 4.99 Å². The van der Waals surface area contributed by atoms with Gasteiger partial charge in [-0.3, -0.25) is 9.36 Å². The van der Waals surface area contributed by atoms with Crippen LogP contribution in [0.4, 0.5) is 0 Å². The van der Waals surface area contributed by atoms with Crippen molar-refractivity contribution in [3.63, 3.8) is 0 Å². The molecule has 1 atom stereocenters. The summed E-state index contributed by atoms with van der Waals surface area (Å²) < 4.78 is 24.6. The lowest BCUT2D eigenvalue weighted by Gasteiger charge is -2.25. The second-order valence-corrected chi connectivity index (χ2v) is 12.2. The van der Waals surface area contributed by atoms with Crippen molar-refractivity contribution < 1.29 is 28.2 Å². The molecule has 0 unspecified atom stereocenters. The van der Waals surface area contributed by atoms with E-state index in [0.717, 1.165) is 16.7 Å². The number of nitrogens with zero attached hydrogens (tertiary/aromatic N) is 2. The Bertz CT molecular complexity index is 1960. The molecule has 0 amide bonds. The third-order valence-electron chi connectivity index (χ3n) is 7.06. The first-order chi connectivity index (χ1) is 21.5. The smallest absolute Gasteiger partial charge is 0.338 e. The molecule has 5 rings (SSSR count). The number of carbonyl (C=O) groups excluding carboxylic acids is 2. The molecule has 1 aliphatic heterocycles. The number of fused-ring (bicyclic) bond motifs is 1. The third-order valence-corrected chi connectivity index (χ3v) is 8.04. The van der Waals surface area contributed by atoms with E-state index in [0.29, 0.717) is 50.0 Å². The van der Waals surface area contributed by atoms with E-state index < -0.39 is 12.0 Å². The fraction of sp³-hybridized carbons (Fsp3) is 0.314. The van der Waals surface area contributed by atoms with E-state index in [-0.39, 0.29) is 23.7 Å². The Morgan fingerprint density at radius 2 is 1.67 bits per heavy atom. The molecule has 0 radical (unpaired) electrons. The van der Waals surface area contributed by atoms with Crippen LogP contribution >= 0.6 is 11.3 Å². The lowest BCUT2D eigenvalue weighted by molar-refractivity contribution is -0.143. The Morgan fingerprint density at radius 1 is 0.978 bits per heavy atom. The number of carbonyl (C=O) groups is 2. The molecule has 4 aromatic rings. The molecular formula is C35H36N2O7S. The number of benzene rings is 2. The number of thiazole rings is 1. The molecule has 0 fully saturated rings. The predicted octanol–water partition coefficient (Wildman–Crippen LogP) is 5.72. The first-order valence-corrected chi connectivity index (χ1v) is 15.7. The lowest BCUT2D eigenvalue weighted by atomic mass is 9.96. The Morgan fingerprint density at radius 3 is 2.31 bits per heavy atom. The van der Waals surface area contributed by atoms with Crippen LogP contribution in [-0.4, -0.2) is 35.3 Å². The summed E-state index contributed by atoms with van der Waals surface area (Å²) in [4.78, 5) is 44.8. The van der Waals surface area contributed by atoms with Crippen molar-refractivity contribution in [2.45, 2.75) is 66.7 Å². The van der Waals surface area contributed by atoms with E-state index in [1.807, 2.05) is 64.1 Å². The SMILES string of the molecule is CCOc1ccc([C@@H]2C(C(=O)OC(C)C)=C(C)N=c3s/c(=C\c4ccc(-c5ccc(C(=O)OC(C)C)cc5C)o4)c(=O)n32)cc1. The number of rotatable bonds is 9. The molecule has 2 aromatic carbocycles. The summed E-state index contributed by atoms with van der Waals surface area (Å²) in [7, 11) is 0. The quantitative estimate of drug-likeness (QED) is 0.218. The summed E-state index contributed by atoms with van der Waals surface area (Å²) in [6.07, 6.45) is 1.12. The van der Waals surface area contributed by atoms with Crippen molar-refractivity contribution in [1.29, 1.82) is 0 Å². The number of aromatic nitrogens is 1. The third kappa shape index (κ3) is 6.71. The Labute approximate surface area is 265 Å². The highest BCUT2D eigenvalue weighted by atomic mass is 32.1. The van der Waals surface area contributed by atoms with Crippen molar-refractivity contribution in [1.82, 2.24) is 4.57 Å². The van der Waals surface area contributed by atoms with Crippen LogP contribution in [0.1, 0.15) is 74.8 Å². The molecule has 0 bridgehead atoms. The molecule has 2 aromatic heterocycles. The molecule has 45 heavy (non-hydrogen) atoms. The van der Waals surface area contributed by atoms with E-state index in [1.54, 1.807) is 49.6 Å². The van der Waals surface area contributed by atoms with Crippen LogP contribution in [0.2, 0.25) is 0 Å². The highest BCUT2D eigenvalue weighted by molar-refractivity contribution is 7.07. The van der Waals surface area contributed by atoms with Crippen LogP contribution in [0.25, 0.3) is 17.4 Å². The van der Waals surface area contributed by atoms with Crippen molar-refractivity contribution in [3.05, 3.63) is 108 Å². The molecule has 0 spiro atoms. The van der Waals surface area contributed by atoms with Gasteiger partial charge in [-0.2, -0.15) is 0 Å². The number of hydrogen-bond donors (Lipinski definition) is 0. The zero-order chi connectivity index (χ0) is 32.4. The molecule has 234 valence electrons. The number of furan rings is 1. The minimum absolute atomic E-state index is 0.211. The summed E-state index contributed by atoms with van der Waals surface area (Å²) in [6.45, 7) is 13.3. The van der Waals surface area contributed by atoms with Crippen molar-refractivity contribution in [3.8, 4) is 17.1 Å². The number of aryl methyl sites for hydroxylation is 1. The van der Waals surface area contributed by atoms with E-state index in [4.69, 9.17) is 18.6 Å². The summed E-state index contributed by atoms with van der Waals surface area (Å²) in [5.41, 5.74) is 3.35. The van der Waals surface area contributed by atoms with Gasteiger partial charge in [0.25, 0.3) is 5.56 Å². The standard InChI is InChI=1S/C35H36N2O7S/c1-8-41-25-12-9-23(10-13-25)31-30(34(40)43-20(4)5)22(7)36-35-37(31)32(38)29(45-35)18-26-14-16-28(44-26)27-15-11-24(17-21(27)6)33(39)42-19(2)3/h9-20,31H,8H2,1-7H3/b29-18-/t31-/m1/s1.